The average Bonchev–Trinajstić information content (AvgIpc) is 2.93. The topological polar surface area (TPSA) is 70.2 Å². The molecule has 0 aromatic carbocycles. The Morgan fingerprint density at radius 2 is 1.91 bits per heavy atom. The number of hydrogen-bond acceptors (Lipinski definition) is 4. The first-order valence-corrected chi connectivity index (χ1v) is 8.74. The maximum atomic E-state index is 11.8. The van der Waals surface area contributed by atoms with Gasteiger partial charge in [-0.1, -0.05) is 19.8 Å². The second kappa shape index (κ2) is 12.2. The number of ketones is 1. The molecule has 23 heavy (non-hydrogen) atoms. The van der Waals surface area contributed by atoms with E-state index < -0.39 is 0 Å². The number of unbranched alkanes of at least 4 members (excludes halogenated alkanes) is 3. The zero-order valence-corrected chi connectivity index (χ0v) is 14.6. The maximum absolute atomic E-state index is 11.8. The number of aliphatic hydroxyl groups is 1. The average molecular weight is 325 g/mol. The van der Waals surface area contributed by atoms with Gasteiger partial charge in [0.1, 0.15) is 18.9 Å². The number of imidazole rings is 1. The van der Waals surface area contributed by atoms with E-state index in [0.717, 1.165) is 32.4 Å². The third kappa shape index (κ3) is 10.2. The van der Waals surface area contributed by atoms with E-state index in [1.54, 1.807) is 0 Å². The molecule has 0 aliphatic rings. The van der Waals surface area contributed by atoms with Gasteiger partial charge in [0, 0.05) is 6.54 Å². The fourth-order valence-corrected chi connectivity index (χ4v) is 2.35. The molecular weight excluding hydrogens is 292 g/mol. The quantitative estimate of drug-likeness (QED) is 0.342. The molecule has 0 spiro atoms. The van der Waals surface area contributed by atoms with Crippen molar-refractivity contribution in [1.82, 2.24) is 15.2 Å². The minimum Gasteiger partial charge on any atom is -0.392 e. The SMILES string of the molecule is CCC(O)CNCCCCCCNCC(=O)Cn1cc[n+](C)c1. The summed E-state index contributed by atoms with van der Waals surface area (Å²) in [6.07, 6.45) is 10.9. The Balaban J connectivity index is 1.87. The van der Waals surface area contributed by atoms with Crippen LogP contribution in [0.2, 0.25) is 0 Å². The lowest BCUT2D eigenvalue weighted by Gasteiger charge is -2.09. The molecule has 0 fully saturated rings. The number of hydrogen-bond donors (Lipinski definition) is 3. The van der Waals surface area contributed by atoms with E-state index in [2.05, 4.69) is 10.6 Å². The van der Waals surface area contributed by atoms with Crippen LogP contribution in [0.5, 0.6) is 0 Å². The molecule has 1 rings (SSSR count). The summed E-state index contributed by atoms with van der Waals surface area (Å²) in [6.45, 7) is 5.42. The molecule has 1 unspecified atom stereocenters. The van der Waals surface area contributed by atoms with Crippen LogP contribution in [0.4, 0.5) is 0 Å². The molecular formula is C17H33N4O2+. The minimum atomic E-state index is -0.217. The van der Waals surface area contributed by atoms with Gasteiger partial charge in [-0.25, -0.2) is 9.13 Å². The van der Waals surface area contributed by atoms with Crippen LogP contribution in [-0.2, 0) is 18.4 Å². The van der Waals surface area contributed by atoms with Gasteiger partial charge in [0.05, 0.1) is 19.7 Å². The first-order valence-electron chi connectivity index (χ1n) is 8.74. The normalized spacial score (nSPS) is 12.5. The summed E-state index contributed by atoms with van der Waals surface area (Å²) in [6, 6.07) is 0. The van der Waals surface area contributed by atoms with E-state index in [9.17, 15) is 9.90 Å². The molecule has 3 N–H and O–H groups in total. The van der Waals surface area contributed by atoms with Gasteiger partial charge in [-0.05, 0) is 32.4 Å². The van der Waals surface area contributed by atoms with Crippen LogP contribution in [0.15, 0.2) is 18.7 Å². The smallest absolute Gasteiger partial charge is 0.243 e. The van der Waals surface area contributed by atoms with E-state index >= 15 is 0 Å². The molecule has 1 heterocycles. The largest absolute Gasteiger partial charge is 0.392 e. The summed E-state index contributed by atoms with van der Waals surface area (Å²) in [5.41, 5.74) is 0. The maximum Gasteiger partial charge on any atom is 0.243 e. The Morgan fingerprint density at radius 1 is 1.22 bits per heavy atom. The number of aromatic nitrogens is 2. The molecule has 6 nitrogen and oxygen atoms in total. The van der Waals surface area contributed by atoms with Gasteiger partial charge in [-0.3, -0.25) is 4.79 Å². The molecule has 0 aliphatic carbocycles. The molecule has 0 saturated heterocycles. The van der Waals surface area contributed by atoms with Gasteiger partial charge < -0.3 is 15.7 Å². The van der Waals surface area contributed by atoms with Gasteiger partial charge in [0.25, 0.3) is 0 Å². The lowest BCUT2D eigenvalue weighted by molar-refractivity contribution is -0.671. The van der Waals surface area contributed by atoms with Crippen LogP contribution in [0.3, 0.4) is 0 Å². The van der Waals surface area contributed by atoms with Crippen molar-refractivity contribution in [2.45, 2.75) is 51.7 Å². The lowest BCUT2D eigenvalue weighted by Crippen LogP contribution is -2.28. The number of carbonyl (C=O) groups is 1. The van der Waals surface area contributed by atoms with Crippen molar-refractivity contribution in [2.24, 2.45) is 7.05 Å². The molecule has 6 heteroatoms. The summed E-state index contributed by atoms with van der Waals surface area (Å²) < 4.78 is 3.82. The molecule has 0 aliphatic heterocycles. The fraction of sp³-hybridized carbons (Fsp3) is 0.765. The Bertz CT molecular complexity index is 434. The summed E-state index contributed by atoms with van der Waals surface area (Å²) in [5, 5.41) is 15.9. The highest BCUT2D eigenvalue weighted by molar-refractivity contribution is 5.80. The van der Waals surface area contributed by atoms with Gasteiger partial charge >= 0.3 is 0 Å². The van der Waals surface area contributed by atoms with Crippen molar-refractivity contribution in [3.8, 4) is 0 Å². The fourth-order valence-electron chi connectivity index (χ4n) is 2.35. The Kier molecular flexibility index (Phi) is 10.5. The number of rotatable bonds is 14. The predicted octanol–water partition coefficient (Wildman–Crippen LogP) is 0.392. The van der Waals surface area contributed by atoms with Gasteiger partial charge in [0.2, 0.25) is 6.33 Å². The van der Waals surface area contributed by atoms with Crippen LogP contribution in [0.1, 0.15) is 39.0 Å². The zero-order valence-electron chi connectivity index (χ0n) is 14.6. The third-order valence-electron chi connectivity index (χ3n) is 3.81. The van der Waals surface area contributed by atoms with Crippen LogP contribution >= 0.6 is 0 Å². The molecule has 132 valence electrons. The van der Waals surface area contributed by atoms with Crippen molar-refractivity contribution in [3.63, 3.8) is 0 Å². The number of carbonyl (C=O) groups excluding carboxylic acids is 1. The van der Waals surface area contributed by atoms with E-state index in [-0.39, 0.29) is 11.9 Å². The summed E-state index contributed by atoms with van der Waals surface area (Å²) in [5.74, 6) is 0.208. The minimum absolute atomic E-state index is 0.208. The molecule has 0 radical (unpaired) electrons. The monoisotopic (exact) mass is 325 g/mol. The van der Waals surface area contributed by atoms with E-state index in [0.29, 0.717) is 19.6 Å². The number of aliphatic hydroxyl groups excluding tert-OH is 1. The number of nitrogens with one attached hydrogen (secondary N) is 2. The second-order valence-electron chi connectivity index (χ2n) is 6.15. The van der Waals surface area contributed by atoms with Crippen molar-refractivity contribution >= 4 is 5.78 Å². The van der Waals surface area contributed by atoms with Gasteiger partial charge in [0.15, 0.2) is 5.78 Å². The third-order valence-corrected chi connectivity index (χ3v) is 3.81. The molecule has 0 saturated carbocycles. The molecule has 0 bridgehead atoms. The lowest BCUT2D eigenvalue weighted by atomic mass is 10.2. The molecule has 1 atom stereocenters. The zero-order chi connectivity index (χ0) is 16.9. The van der Waals surface area contributed by atoms with Crippen LogP contribution in [0.25, 0.3) is 0 Å². The predicted molar refractivity (Wildman–Crippen MR) is 91.1 cm³/mol. The highest BCUT2D eigenvalue weighted by atomic mass is 16.3. The molecule has 1 aromatic rings. The van der Waals surface area contributed by atoms with Crippen molar-refractivity contribution in [3.05, 3.63) is 18.7 Å². The summed E-state index contributed by atoms with van der Waals surface area (Å²) in [7, 11) is 1.95. The van der Waals surface area contributed by atoms with Gasteiger partial charge in [-0.2, -0.15) is 0 Å². The van der Waals surface area contributed by atoms with Crippen LogP contribution in [0, 0.1) is 0 Å². The highest BCUT2D eigenvalue weighted by Gasteiger charge is 2.07. The van der Waals surface area contributed by atoms with E-state index in [4.69, 9.17) is 0 Å². The Hall–Kier alpha value is -1.24. The first-order chi connectivity index (χ1) is 11.1. The van der Waals surface area contributed by atoms with Crippen LogP contribution in [-0.4, -0.2) is 47.7 Å². The molecule has 1 aromatic heterocycles. The number of aryl methyl sites for hydroxylation is 1. The Labute approximate surface area is 139 Å². The van der Waals surface area contributed by atoms with Crippen molar-refractivity contribution < 1.29 is 14.5 Å². The van der Waals surface area contributed by atoms with Crippen molar-refractivity contribution in [1.29, 1.82) is 0 Å². The van der Waals surface area contributed by atoms with Gasteiger partial charge in [-0.15, -0.1) is 0 Å². The number of Topliss-reactive ketones (excluding diaryl/α,β-unsaturated/α-hetero) is 1. The van der Waals surface area contributed by atoms with E-state index in [1.807, 2.05) is 41.8 Å². The summed E-state index contributed by atoms with van der Waals surface area (Å²) >= 11 is 0. The second-order valence-corrected chi connectivity index (χ2v) is 6.15. The number of nitrogens with zero attached hydrogens (tertiary/aromatic N) is 2. The molecule has 0 amide bonds. The Morgan fingerprint density at radius 3 is 2.52 bits per heavy atom. The standard InChI is InChI=1S/C17H33N4O2/c1-3-16(22)12-18-8-6-4-5-7-9-19-13-17(23)14-21-11-10-20(2)15-21/h10-11,15-16,18-19,22H,3-9,12-14H2,1-2H3/q+1. The first kappa shape index (κ1) is 19.8. The highest BCUT2D eigenvalue weighted by Crippen LogP contribution is 1.98. The van der Waals surface area contributed by atoms with Crippen molar-refractivity contribution in [2.75, 3.05) is 26.2 Å². The summed E-state index contributed by atoms with van der Waals surface area (Å²) in [4.78, 5) is 11.8. The van der Waals surface area contributed by atoms with Crippen LogP contribution < -0.4 is 15.2 Å². The van der Waals surface area contributed by atoms with E-state index in [1.165, 1.54) is 12.8 Å².